The number of carbonyl (C=O) groups is 1. The topological polar surface area (TPSA) is 34.4 Å². The lowest BCUT2D eigenvalue weighted by Gasteiger charge is -2.01. The van der Waals surface area contributed by atoms with Gasteiger partial charge in [0.1, 0.15) is 11.3 Å². The highest BCUT2D eigenvalue weighted by molar-refractivity contribution is 6.31. The Morgan fingerprint density at radius 2 is 2.19 bits per heavy atom. The van der Waals surface area contributed by atoms with Gasteiger partial charge in [-0.05, 0) is 23.6 Å². The Kier molecular flexibility index (Phi) is 1.94. The van der Waals surface area contributed by atoms with E-state index < -0.39 is 0 Å². The molecule has 0 saturated heterocycles. The lowest BCUT2D eigenvalue weighted by Crippen LogP contribution is -1.90. The fraction of sp³-hybridized carbons (Fsp3) is 0. The molecular formula is C12H7ClN2O. The minimum Gasteiger partial charge on any atom is -0.297 e. The van der Waals surface area contributed by atoms with E-state index in [0.717, 1.165) is 22.7 Å². The van der Waals surface area contributed by atoms with E-state index >= 15 is 0 Å². The van der Waals surface area contributed by atoms with Gasteiger partial charge in [-0.25, -0.2) is 4.98 Å². The van der Waals surface area contributed by atoms with Crippen molar-refractivity contribution in [2.24, 2.45) is 0 Å². The van der Waals surface area contributed by atoms with E-state index in [1.807, 2.05) is 30.5 Å². The zero-order chi connectivity index (χ0) is 11.1. The number of fused-ring (bicyclic) bond motifs is 3. The fourth-order valence-electron chi connectivity index (χ4n) is 1.84. The zero-order valence-corrected chi connectivity index (χ0v) is 8.98. The van der Waals surface area contributed by atoms with E-state index in [-0.39, 0.29) is 0 Å². The second kappa shape index (κ2) is 3.32. The number of halogens is 1. The predicted octanol–water partition coefficient (Wildman–Crippen LogP) is 2.95. The van der Waals surface area contributed by atoms with Crippen molar-refractivity contribution >= 4 is 34.3 Å². The fourth-order valence-corrected chi connectivity index (χ4v) is 2.01. The molecule has 3 rings (SSSR count). The van der Waals surface area contributed by atoms with Crippen LogP contribution in [0.25, 0.3) is 16.4 Å². The highest BCUT2D eigenvalue weighted by atomic mass is 35.5. The molecule has 0 radical (unpaired) electrons. The molecule has 78 valence electrons. The highest BCUT2D eigenvalue weighted by Crippen LogP contribution is 2.23. The Hall–Kier alpha value is -1.87. The summed E-state index contributed by atoms with van der Waals surface area (Å²) in [6.07, 6.45) is 4.18. The molecule has 0 fully saturated rings. The number of carbonyl (C=O) groups excluding carboxylic acids is 1. The van der Waals surface area contributed by atoms with Crippen LogP contribution in [0.1, 0.15) is 10.5 Å². The maximum atomic E-state index is 10.8. The van der Waals surface area contributed by atoms with Crippen molar-refractivity contribution < 1.29 is 4.79 Å². The van der Waals surface area contributed by atoms with E-state index in [1.165, 1.54) is 0 Å². The summed E-state index contributed by atoms with van der Waals surface area (Å²) in [5.41, 5.74) is 1.29. The third-order valence-corrected chi connectivity index (χ3v) is 2.84. The molecule has 0 aliphatic carbocycles. The number of pyridine rings is 1. The lowest BCUT2D eigenvalue weighted by atomic mass is 10.2. The summed E-state index contributed by atoms with van der Waals surface area (Å²) in [5.74, 6) is 0. The molecule has 0 aliphatic rings. The Morgan fingerprint density at radius 3 is 3.00 bits per heavy atom. The Morgan fingerprint density at radius 1 is 1.31 bits per heavy atom. The van der Waals surface area contributed by atoms with Gasteiger partial charge in [0.2, 0.25) is 0 Å². The normalized spacial score (nSPS) is 11.1. The molecule has 2 heterocycles. The smallest absolute Gasteiger partial charge is 0.168 e. The molecular weight excluding hydrogens is 224 g/mol. The van der Waals surface area contributed by atoms with Crippen molar-refractivity contribution in [1.29, 1.82) is 0 Å². The summed E-state index contributed by atoms with van der Waals surface area (Å²) < 4.78 is 1.76. The number of hydrogen-bond acceptors (Lipinski definition) is 2. The van der Waals surface area contributed by atoms with Gasteiger partial charge in [-0.1, -0.05) is 17.7 Å². The summed E-state index contributed by atoms with van der Waals surface area (Å²) in [6.45, 7) is 0. The van der Waals surface area contributed by atoms with Gasteiger partial charge in [0.15, 0.2) is 6.29 Å². The third-order valence-electron chi connectivity index (χ3n) is 2.61. The van der Waals surface area contributed by atoms with Crippen LogP contribution in [-0.4, -0.2) is 15.7 Å². The maximum Gasteiger partial charge on any atom is 0.168 e. The zero-order valence-electron chi connectivity index (χ0n) is 8.22. The van der Waals surface area contributed by atoms with E-state index in [1.54, 1.807) is 10.6 Å². The van der Waals surface area contributed by atoms with Crippen LogP contribution in [0, 0.1) is 0 Å². The lowest BCUT2D eigenvalue weighted by molar-refractivity contribution is 0.111. The van der Waals surface area contributed by atoms with Gasteiger partial charge >= 0.3 is 0 Å². The van der Waals surface area contributed by atoms with E-state index in [0.29, 0.717) is 10.7 Å². The number of imidazole rings is 1. The average Bonchev–Trinajstić information content (AvgIpc) is 2.72. The van der Waals surface area contributed by atoms with Crippen LogP contribution in [0.5, 0.6) is 0 Å². The summed E-state index contributed by atoms with van der Waals surface area (Å²) >= 11 is 5.95. The molecule has 0 spiro atoms. The molecule has 1 aromatic carbocycles. The monoisotopic (exact) mass is 230 g/mol. The second-order valence-corrected chi connectivity index (χ2v) is 3.98. The molecule has 2 aromatic heterocycles. The summed E-state index contributed by atoms with van der Waals surface area (Å²) in [6, 6.07) is 7.57. The third kappa shape index (κ3) is 1.22. The molecule has 0 bridgehead atoms. The number of aromatic nitrogens is 2. The Labute approximate surface area is 96.3 Å². The van der Waals surface area contributed by atoms with Crippen LogP contribution < -0.4 is 0 Å². The van der Waals surface area contributed by atoms with Crippen molar-refractivity contribution in [2.75, 3.05) is 0 Å². The van der Waals surface area contributed by atoms with Crippen LogP contribution in [0.2, 0.25) is 5.02 Å². The SMILES string of the molecule is O=Cc1cnc2c3cc(Cl)ccc3ccn12. The molecule has 0 N–H and O–H groups in total. The van der Waals surface area contributed by atoms with Crippen LogP contribution in [0.4, 0.5) is 0 Å². The maximum absolute atomic E-state index is 10.8. The minimum absolute atomic E-state index is 0.539. The van der Waals surface area contributed by atoms with Gasteiger partial charge in [0.25, 0.3) is 0 Å². The molecule has 3 nitrogen and oxygen atoms in total. The number of rotatable bonds is 1. The van der Waals surface area contributed by atoms with Crippen LogP contribution in [0.15, 0.2) is 36.7 Å². The van der Waals surface area contributed by atoms with Crippen molar-refractivity contribution in [3.8, 4) is 0 Å². The summed E-state index contributed by atoms with van der Waals surface area (Å²) in [5, 5.41) is 2.67. The first-order valence-corrected chi connectivity index (χ1v) is 5.18. The van der Waals surface area contributed by atoms with Crippen LogP contribution in [0.3, 0.4) is 0 Å². The van der Waals surface area contributed by atoms with Gasteiger partial charge in [0.05, 0.1) is 6.20 Å². The predicted molar refractivity (Wildman–Crippen MR) is 63.1 cm³/mol. The summed E-state index contributed by atoms with van der Waals surface area (Å²) in [7, 11) is 0. The first-order chi connectivity index (χ1) is 7.79. The molecule has 0 aliphatic heterocycles. The van der Waals surface area contributed by atoms with Gasteiger partial charge in [-0.3, -0.25) is 9.20 Å². The van der Waals surface area contributed by atoms with E-state index in [2.05, 4.69) is 4.98 Å². The van der Waals surface area contributed by atoms with Gasteiger partial charge < -0.3 is 0 Å². The van der Waals surface area contributed by atoms with Crippen molar-refractivity contribution in [2.45, 2.75) is 0 Å². The van der Waals surface area contributed by atoms with Gasteiger partial charge in [-0.15, -0.1) is 0 Å². The van der Waals surface area contributed by atoms with E-state index in [4.69, 9.17) is 11.6 Å². The largest absolute Gasteiger partial charge is 0.297 e. The van der Waals surface area contributed by atoms with Gasteiger partial charge in [0, 0.05) is 16.6 Å². The number of benzene rings is 1. The molecule has 16 heavy (non-hydrogen) atoms. The molecule has 3 aromatic rings. The molecule has 0 atom stereocenters. The number of aldehydes is 1. The minimum atomic E-state index is 0.539. The van der Waals surface area contributed by atoms with Crippen molar-refractivity contribution in [1.82, 2.24) is 9.38 Å². The quantitative estimate of drug-likeness (QED) is 0.603. The first kappa shape index (κ1) is 9.36. The second-order valence-electron chi connectivity index (χ2n) is 3.54. The van der Waals surface area contributed by atoms with Crippen LogP contribution in [-0.2, 0) is 0 Å². The standard InChI is InChI=1S/C12H7ClN2O/c13-9-2-1-8-3-4-15-10(7-16)6-14-12(15)11(8)5-9/h1-7H. The van der Waals surface area contributed by atoms with E-state index in [9.17, 15) is 4.79 Å². The van der Waals surface area contributed by atoms with Crippen LogP contribution >= 0.6 is 11.6 Å². The number of nitrogens with zero attached hydrogens (tertiary/aromatic N) is 2. The summed E-state index contributed by atoms with van der Waals surface area (Å²) in [4.78, 5) is 15.0. The average molecular weight is 231 g/mol. The molecule has 0 amide bonds. The molecule has 0 unspecified atom stereocenters. The number of hydrogen-bond donors (Lipinski definition) is 0. The van der Waals surface area contributed by atoms with Crippen molar-refractivity contribution in [3.63, 3.8) is 0 Å². The Balaban J connectivity index is 2.53. The first-order valence-electron chi connectivity index (χ1n) is 4.80. The van der Waals surface area contributed by atoms with Gasteiger partial charge in [-0.2, -0.15) is 0 Å². The molecule has 4 heteroatoms. The highest BCUT2D eigenvalue weighted by Gasteiger charge is 2.06. The molecule has 0 saturated carbocycles. The van der Waals surface area contributed by atoms with Crippen molar-refractivity contribution in [3.05, 3.63) is 47.4 Å². The Bertz CT molecular complexity index is 703.